The van der Waals surface area contributed by atoms with Crippen LogP contribution in [0.1, 0.15) is 27.0 Å². The third-order valence-corrected chi connectivity index (χ3v) is 5.80. The molecule has 1 aromatic heterocycles. The van der Waals surface area contributed by atoms with Crippen LogP contribution in [0.15, 0.2) is 52.9 Å². The van der Waals surface area contributed by atoms with Gasteiger partial charge in [0.05, 0.1) is 0 Å². The van der Waals surface area contributed by atoms with Gasteiger partial charge in [0.15, 0.2) is 22.2 Å². The number of oxazole rings is 1. The molecule has 3 aromatic carbocycles. The number of nitrogens with one attached hydrogen (secondary N) is 2. The molecule has 166 valence electrons. The third-order valence-electron chi connectivity index (χ3n) is 5.60. The number of benzene rings is 3. The van der Waals surface area contributed by atoms with Crippen molar-refractivity contribution in [2.24, 2.45) is 0 Å². The zero-order valence-corrected chi connectivity index (χ0v) is 19.1. The minimum absolute atomic E-state index is 0.148. The number of carbonyl (C=O) groups excluding carboxylic acids is 1. The van der Waals surface area contributed by atoms with Crippen LogP contribution in [-0.4, -0.2) is 22.8 Å². The maximum atomic E-state index is 12.6. The molecule has 2 heterocycles. The van der Waals surface area contributed by atoms with Crippen molar-refractivity contribution in [3.8, 4) is 23.0 Å². The number of carbonyl (C=O) groups is 1. The van der Waals surface area contributed by atoms with E-state index >= 15 is 0 Å². The number of amides is 1. The third kappa shape index (κ3) is 4.12. The highest BCUT2D eigenvalue weighted by Gasteiger charge is 2.17. The molecule has 8 heteroatoms. The smallest absolute Gasteiger partial charge is 0.257 e. The Morgan fingerprint density at radius 3 is 2.58 bits per heavy atom. The monoisotopic (exact) mass is 459 g/mol. The summed E-state index contributed by atoms with van der Waals surface area (Å²) in [5.41, 5.74) is 6.81. The lowest BCUT2D eigenvalue weighted by molar-refractivity contribution is 0.0977. The summed E-state index contributed by atoms with van der Waals surface area (Å²) in [6, 6.07) is 14.8. The normalized spacial score (nSPS) is 12.1. The summed E-state index contributed by atoms with van der Waals surface area (Å²) in [6.45, 7) is 6.20. The molecule has 0 bridgehead atoms. The fourth-order valence-electron chi connectivity index (χ4n) is 3.56. The molecule has 5 rings (SSSR count). The van der Waals surface area contributed by atoms with Gasteiger partial charge in [-0.2, -0.15) is 0 Å². The number of hydrogen-bond acceptors (Lipinski definition) is 6. The molecule has 0 atom stereocenters. The summed E-state index contributed by atoms with van der Waals surface area (Å²) in [4.78, 5) is 17.2. The molecule has 0 unspecified atom stereocenters. The fraction of sp³-hybridized carbons (Fsp3) is 0.160. The van der Waals surface area contributed by atoms with Crippen molar-refractivity contribution in [3.63, 3.8) is 0 Å². The van der Waals surface area contributed by atoms with Gasteiger partial charge in [0, 0.05) is 16.8 Å². The summed E-state index contributed by atoms with van der Waals surface area (Å²) >= 11 is 5.37. The maximum Gasteiger partial charge on any atom is 0.257 e. The van der Waals surface area contributed by atoms with E-state index in [-0.39, 0.29) is 17.8 Å². The SMILES string of the molecule is Cc1cc2nc(-c3ccc(C)c(NC(=S)NC(=O)c4ccc5c(c4)OCO5)c3)oc2cc1C. The van der Waals surface area contributed by atoms with Crippen molar-refractivity contribution in [2.75, 3.05) is 12.1 Å². The topological polar surface area (TPSA) is 85.6 Å². The van der Waals surface area contributed by atoms with E-state index in [1.165, 1.54) is 0 Å². The average Bonchev–Trinajstić information content (AvgIpc) is 3.41. The first-order valence-electron chi connectivity index (χ1n) is 10.4. The van der Waals surface area contributed by atoms with Gasteiger partial charge in [-0.15, -0.1) is 0 Å². The van der Waals surface area contributed by atoms with Gasteiger partial charge in [-0.05, 0) is 92.1 Å². The number of fused-ring (bicyclic) bond motifs is 2. The predicted molar refractivity (Wildman–Crippen MR) is 130 cm³/mol. The van der Waals surface area contributed by atoms with E-state index in [2.05, 4.69) is 22.5 Å². The number of rotatable bonds is 3. The van der Waals surface area contributed by atoms with Gasteiger partial charge in [0.25, 0.3) is 5.91 Å². The molecular weight excluding hydrogens is 438 g/mol. The highest BCUT2D eigenvalue weighted by atomic mass is 32.1. The minimum Gasteiger partial charge on any atom is -0.454 e. The second-order valence-corrected chi connectivity index (χ2v) is 8.34. The summed E-state index contributed by atoms with van der Waals surface area (Å²) in [6.07, 6.45) is 0. The Labute approximate surface area is 195 Å². The van der Waals surface area contributed by atoms with Crippen molar-refractivity contribution >= 4 is 40.0 Å². The number of nitrogens with zero attached hydrogens (tertiary/aromatic N) is 1. The van der Waals surface area contributed by atoms with Gasteiger partial charge < -0.3 is 19.2 Å². The van der Waals surface area contributed by atoms with Crippen LogP contribution in [0.25, 0.3) is 22.6 Å². The molecule has 0 saturated carbocycles. The van der Waals surface area contributed by atoms with Crippen molar-refractivity contribution in [2.45, 2.75) is 20.8 Å². The lowest BCUT2D eigenvalue weighted by Gasteiger charge is -2.13. The molecule has 0 radical (unpaired) electrons. The Morgan fingerprint density at radius 1 is 0.939 bits per heavy atom. The Hall–Kier alpha value is -3.91. The van der Waals surface area contributed by atoms with Crippen LogP contribution in [0.4, 0.5) is 5.69 Å². The summed E-state index contributed by atoms with van der Waals surface area (Å²) in [5.74, 6) is 1.33. The molecule has 33 heavy (non-hydrogen) atoms. The van der Waals surface area contributed by atoms with E-state index in [1.807, 2.05) is 44.2 Å². The van der Waals surface area contributed by atoms with Crippen molar-refractivity contribution in [1.29, 1.82) is 0 Å². The predicted octanol–water partition coefficient (Wildman–Crippen LogP) is 5.28. The number of hydrogen-bond donors (Lipinski definition) is 2. The second-order valence-electron chi connectivity index (χ2n) is 7.93. The zero-order chi connectivity index (χ0) is 23.1. The van der Waals surface area contributed by atoms with Gasteiger partial charge in [-0.1, -0.05) is 6.07 Å². The van der Waals surface area contributed by atoms with Crippen LogP contribution >= 0.6 is 12.2 Å². The van der Waals surface area contributed by atoms with Crippen LogP contribution in [0.5, 0.6) is 11.5 Å². The van der Waals surface area contributed by atoms with Gasteiger partial charge >= 0.3 is 0 Å². The van der Waals surface area contributed by atoms with Crippen LogP contribution in [0, 0.1) is 20.8 Å². The molecule has 0 spiro atoms. The fourth-order valence-corrected chi connectivity index (χ4v) is 3.76. The van der Waals surface area contributed by atoms with Crippen molar-refractivity contribution in [1.82, 2.24) is 10.3 Å². The lowest BCUT2D eigenvalue weighted by Crippen LogP contribution is -2.34. The van der Waals surface area contributed by atoms with Gasteiger partial charge in [0.2, 0.25) is 12.7 Å². The van der Waals surface area contributed by atoms with E-state index in [0.29, 0.717) is 23.0 Å². The zero-order valence-electron chi connectivity index (χ0n) is 18.3. The summed E-state index contributed by atoms with van der Waals surface area (Å²) in [5, 5.41) is 5.98. The number of aryl methyl sites for hydroxylation is 3. The largest absolute Gasteiger partial charge is 0.454 e. The molecule has 2 N–H and O–H groups in total. The van der Waals surface area contributed by atoms with Gasteiger partial charge in [-0.25, -0.2) is 4.98 Å². The molecule has 1 amide bonds. The van der Waals surface area contributed by atoms with Gasteiger partial charge in [0.1, 0.15) is 5.52 Å². The van der Waals surface area contributed by atoms with Crippen molar-refractivity contribution < 1.29 is 18.7 Å². The molecule has 1 aliphatic heterocycles. The van der Waals surface area contributed by atoms with Crippen LogP contribution in [0.2, 0.25) is 0 Å². The number of ether oxygens (including phenoxy) is 2. The molecule has 0 fully saturated rings. The Bertz CT molecular complexity index is 1390. The number of aromatic nitrogens is 1. The Kier molecular flexibility index (Phi) is 5.22. The van der Waals surface area contributed by atoms with E-state index in [9.17, 15) is 4.79 Å². The molecule has 0 aliphatic carbocycles. The Morgan fingerprint density at radius 2 is 1.73 bits per heavy atom. The first kappa shape index (κ1) is 21.0. The maximum absolute atomic E-state index is 12.6. The second kappa shape index (κ2) is 8.22. The Balaban J connectivity index is 1.34. The van der Waals surface area contributed by atoms with Crippen LogP contribution < -0.4 is 20.1 Å². The van der Waals surface area contributed by atoms with Crippen LogP contribution in [0.3, 0.4) is 0 Å². The molecule has 4 aromatic rings. The van der Waals surface area contributed by atoms with Gasteiger partial charge in [-0.3, -0.25) is 10.1 Å². The number of anilines is 1. The highest BCUT2D eigenvalue weighted by Crippen LogP contribution is 2.32. The first-order valence-corrected chi connectivity index (χ1v) is 10.8. The van der Waals surface area contributed by atoms with E-state index in [0.717, 1.165) is 39.0 Å². The summed E-state index contributed by atoms with van der Waals surface area (Å²) in [7, 11) is 0. The van der Waals surface area contributed by atoms with Crippen molar-refractivity contribution in [3.05, 3.63) is 70.8 Å². The molecule has 1 aliphatic rings. The minimum atomic E-state index is -0.343. The van der Waals surface area contributed by atoms with E-state index in [1.54, 1.807) is 18.2 Å². The molecule has 7 nitrogen and oxygen atoms in total. The quantitative estimate of drug-likeness (QED) is 0.403. The van der Waals surface area contributed by atoms with E-state index in [4.69, 9.17) is 26.1 Å². The first-order chi connectivity index (χ1) is 15.9. The molecule has 0 saturated heterocycles. The average molecular weight is 460 g/mol. The number of thiocarbonyl (C=S) groups is 1. The van der Waals surface area contributed by atoms with E-state index < -0.39 is 0 Å². The van der Waals surface area contributed by atoms with Crippen LogP contribution in [-0.2, 0) is 0 Å². The lowest BCUT2D eigenvalue weighted by atomic mass is 10.1. The standard InChI is InChI=1S/C25H21N3O4S/c1-13-4-5-17(24-26-19-8-14(2)15(3)9-21(19)32-24)10-18(13)27-25(33)28-23(29)16-6-7-20-22(11-16)31-12-30-20/h4-11H,12H2,1-3H3,(H2,27,28,29,33). The summed E-state index contributed by atoms with van der Waals surface area (Å²) < 4.78 is 16.6. The highest BCUT2D eigenvalue weighted by molar-refractivity contribution is 7.80. The molecular formula is C25H21N3O4S.